The van der Waals surface area contributed by atoms with Gasteiger partial charge in [-0.25, -0.2) is 0 Å². The Morgan fingerprint density at radius 3 is 2.59 bits per heavy atom. The number of carbonyl (C=O) groups is 1. The van der Waals surface area contributed by atoms with Gasteiger partial charge in [-0.05, 0) is 44.4 Å². The van der Waals surface area contributed by atoms with Crippen LogP contribution in [0.25, 0.3) is 0 Å². The Kier molecular flexibility index (Phi) is 7.69. The number of amides is 1. The van der Waals surface area contributed by atoms with Gasteiger partial charge in [-0.2, -0.15) is 0 Å². The van der Waals surface area contributed by atoms with Crippen LogP contribution >= 0.6 is 12.4 Å². The second-order valence-electron chi connectivity index (χ2n) is 5.74. The summed E-state index contributed by atoms with van der Waals surface area (Å²) in [4.78, 5) is 14.5. The molecule has 1 aliphatic rings. The molecule has 0 bridgehead atoms. The summed E-state index contributed by atoms with van der Waals surface area (Å²) in [5.74, 6) is 0.931. The summed E-state index contributed by atoms with van der Waals surface area (Å²) in [5.41, 5.74) is 2.15. The Morgan fingerprint density at radius 2 is 2.05 bits per heavy atom. The number of rotatable bonds is 6. The van der Waals surface area contributed by atoms with E-state index in [9.17, 15) is 4.79 Å². The molecule has 22 heavy (non-hydrogen) atoms. The first-order valence-electron chi connectivity index (χ1n) is 7.82. The summed E-state index contributed by atoms with van der Waals surface area (Å²) < 4.78 is 5.80. The molecular weight excluding hydrogens is 300 g/mol. The number of carbonyl (C=O) groups excluding carboxylic acids is 1. The molecule has 1 saturated heterocycles. The van der Waals surface area contributed by atoms with E-state index in [-0.39, 0.29) is 24.9 Å². The van der Waals surface area contributed by atoms with Crippen molar-refractivity contribution in [3.05, 3.63) is 29.3 Å². The van der Waals surface area contributed by atoms with Crippen molar-refractivity contribution >= 4 is 18.3 Å². The predicted molar refractivity (Wildman–Crippen MR) is 91.9 cm³/mol. The van der Waals surface area contributed by atoms with Crippen LogP contribution in [0.3, 0.4) is 0 Å². The number of hydrogen-bond acceptors (Lipinski definition) is 3. The maximum Gasteiger partial charge on any atom is 0.260 e. The van der Waals surface area contributed by atoms with Crippen molar-refractivity contribution in [2.45, 2.75) is 39.7 Å². The first-order chi connectivity index (χ1) is 10.1. The summed E-state index contributed by atoms with van der Waals surface area (Å²) in [6.45, 7) is 8.96. The Bertz CT molecular complexity index is 467. The van der Waals surface area contributed by atoms with Crippen LogP contribution in [0.2, 0.25) is 0 Å². The van der Waals surface area contributed by atoms with E-state index in [0.29, 0.717) is 6.04 Å². The van der Waals surface area contributed by atoms with Gasteiger partial charge in [-0.1, -0.05) is 25.1 Å². The Balaban J connectivity index is 0.00000242. The van der Waals surface area contributed by atoms with Crippen LogP contribution in [0.4, 0.5) is 0 Å². The molecule has 1 unspecified atom stereocenters. The van der Waals surface area contributed by atoms with Crippen LogP contribution < -0.4 is 10.1 Å². The molecule has 1 N–H and O–H groups in total. The third-order valence-electron chi connectivity index (χ3n) is 4.01. The standard InChI is InChI=1S/C17H26N2O2.ClH/c1-4-10-19(15-8-9-18-11-15)16(20)12-21-17-13(2)6-5-7-14(17)3;/h5-7,15,18H,4,8-12H2,1-3H3;1H. The molecule has 1 heterocycles. The number of para-hydroxylation sites is 1. The van der Waals surface area contributed by atoms with Crippen molar-refractivity contribution in [1.82, 2.24) is 10.2 Å². The van der Waals surface area contributed by atoms with Crippen molar-refractivity contribution in [2.75, 3.05) is 26.2 Å². The van der Waals surface area contributed by atoms with Gasteiger partial charge in [0, 0.05) is 19.1 Å². The van der Waals surface area contributed by atoms with Crippen LogP contribution in [0.15, 0.2) is 18.2 Å². The van der Waals surface area contributed by atoms with Crippen LogP contribution in [-0.2, 0) is 4.79 Å². The molecule has 5 heteroatoms. The quantitative estimate of drug-likeness (QED) is 0.874. The molecule has 2 rings (SSSR count). The van der Waals surface area contributed by atoms with Gasteiger partial charge in [0.05, 0.1) is 0 Å². The fraction of sp³-hybridized carbons (Fsp3) is 0.588. The van der Waals surface area contributed by atoms with Gasteiger partial charge in [0.25, 0.3) is 5.91 Å². The SMILES string of the molecule is CCCN(C(=O)COc1c(C)cccc1C)C1CCNC1.Cl. The van der Waals surface area contributed by atoms with E-state index in [1.807, 2.05) is 36.9 Å². The van der Waals surface area contributed by atoms with Crippen LogP contribution in [-0.4, -0.2) is 43.1 Å². The second kappa shape index (κ2) is 9.01. The number of benzene rings is 1. The van der Waals surface area contributed by atoms with Crippen molar-refractivity contribution in [3.8, 4) is 5.75 Å². The van der Waals surface area contributed by atoms with E-state index in [1.54, 1.807) is 0 Å². The molecule has 1 aliphatic heterocycles. The average molecular weight is 327 g/mol. The van der Waals surface area contributed by atoms with Crippen molar-refractivity contribution in [2.24, 2.45) is 0 Å². The van der Waals surface area contributed by atoms with Gasteiger partial charge in [0.2, 0.25) is 0 Å². The minimum absolute atomic E-state index is 0. The number of ether oxygens (including phenoxy) is 1. The Hall–Kier alpha value is -1.26. The molecule has 0 saturated carbocycles. The molecule has 1 atom stereocenters. The average Bonchev–Trinajstić information content (AvgIpc) is 2.97. The lowest BCUT2D eigenvalue weighted by Crippen LogP contribution is -2.44. The highest BCUT2D eigenvalue weighted by atomic mass is 35.5. The highest BCUT2D eigenvalue weighted by Gasteiger charge is 2.26. The number of nitrogens with zero attached hydrogens (tertiary/aromatic N) is 1. The highest BCUT2D eigenvalue weighted by Crippen LogP contribution is 2.22. The number of halogens is 1. The van der Waals surface area contributed by atoms with E-state index in [0.717, 1.165) is 49.4 Å². The summed E-state index contributed by atoms with van der Waals surface area (Å²) in [6.07, 6.45) is 2.01. The van der Waals surface area contributed by atoms with E-state index < -0.39 is 0 Å². The van der Waals surface area contributed by atoms with E-state index >= 15 is 0 Å². The molecule has 124 valence electrons. The number of aryl methyl sites for hydroxylation is 2. The zero-order chi connectivity index (χ0) is 15.2. The van der Waals surface area contributed by atoms with Crippen molar-refractivity contribution in [1.29, 1.82) is 0 Å². The van der Waals surface area contributed by atoms with Gasteiger partial charge < -0.3 is 15.0 Å². The lowest BCUT2D eigenvalue weighted by Gasteiger charge is -2.28. The predicted octanol–water partition coefficient (Wildman–Crippen LogP) is 2.70. The monoisotopic (exact) mass is 326 g/mol. The fourth-order valence-electron chi connectivity index (χ4n) is 2.90. The molecule has 1 aromatic carbocycles. The highest BCUT2D eigenvalue weighted by molar-refractivity contribution is 5.85. The summed E-state index contributed by atoms with van der Waals surface area (Å²) in [5, 5.41) is 3.32. The third-order valence-corrected chi connectivity index (χ3v) is 4.01. The smallest absolute Gasteiger partial charge is 0.260 e. The summed E-state index contributed by atoms with van der Waals surface area (Å²) in [7, 11) is 0. The van der Waals surface area contributed by atoms with Crippen molar-refractivity contribution in [3.63, 3.8) is 0 Å². The first kappa shape index (κ1) is 18.8. The topological polar surface area (TPSA) is 41.6 Å². The van der Waals surface area contributed by atoms with Crippen LogP contribution in [0.5, 0.6) is 5.75 Å². The lowest BCUT2D eigenvalue weighted by atomic mass is 10.1. The van der Waals surface area contributed by atoms with E-state index in [2.05, 4.69) is 12.2 Å². The minimum Gasteiger partial charge on any atom is -0.483 e. The zero-order valence-corrected chi connectivity index (χ0v) is 14.5. The van der Waals surface area contributed by atoms with Gasteiger partial charge in [0.1, 0.15) is 5.75 Å². The third kappa shape index (κ3) is 4.62. The normalized spacial score (nSPS) is 17.0. The zero-order valence-electron chi connectivity index (χ0n) is 13.7. The minimum atomic E-state index is 0. The Labute approximate surface area is 139 Å². The molecular formula is C17H27ClN2O2. The summed E-state index contributed by atoms with van der Waals surface area (Å²) in [6, 6.07) is 6.35. The van der Waals surface area contributed by atoms with Gasteiger partial charge in [0.15, 0.2) is 6.61 Å². The molecule has 1 amide bonds. The molecule has 0 spiro atoms. The molecule has 1 aromatic rings. The molecule has 1 fully saturated rings. The van der Waals surface area contributed by atoms with Crippen molar-refractivity contribution < 1.29 is 9.53 Å². The maximum atomic E-state index is 12.5. The van der Waals surface area contributed by atoms with E-state index in [1.165, 1.54) is 0 Å². The molecule has 0 aliphatic carbocycles. The largest absolute Gasteiger partial charge is 0.483 e. The van der Waals surface area contributed by atoms with Crippen LogP contribution in [0.1, 0.15) is 30.9 Å². The fourth-order valence-corrected chi connectivity index (χ4v) is 2.90. The lowest BCUT2D eigenvalue weighted by molar-refractivity contribution is -0.135. The van der Waals surface area contributed by atoms with Gasteiger partial charge in [-0.3, -0.25) is 4.79 Å². The molecule has 4 nitrogen and oxygen atoms in total. The summed E-state index contributed by atoms with van der Waals surface area (Å²) >= 11 is 0. The van der Waals surface area contributed by atoms with Crippen LogP contribution in [0, 0.1) is 13.8 Å². The molecule has 0 radical (unpaired) electrons. The number of nitrogens with one attached hydrogen (secondary N) is 1. The molecule has 0 aromatic heterocycles. The van der Waals surface area contributed by atoms with Gasteiger partial charge >= 0.3 is 0 Å². The number of hydrogen-bond donors (Lipinski definition) is 1. The first-order valence-corrected chi connectivity index (χ1v) is 7.82. The second-order valence-corrected chi connectivity index (χ2v) is 5.74. The van der Waals surface area contributed by atoms with E-state index in [4.69, 9.17) is 4.74 Å². The maximum absolute atomic E-state index is 12.5. The van der Waals surface area contributed by atoms with Gasteiger partial charge in [-0.15, -0.1) is 12.4 Å². The Morgan fingerprint density at radius 1 is 1.36 bits per heavy atom.